The lowest BCUT2D eigenvalue weighted by Crippen LogP contribution is -2.41. The van der Waals surface area contributed by atoms with Crippen LogP contribution in [-0.2, 0) is 0 Å². The van der Waals surface area contributed by atoms with E-state index >= 15 is 0 Å². The first kappa shape index (κ1) is 14.8. The van der Waals surface area contributed by atoms with E-state index in [0.717, 1.165) is 17.6 Å². The predicted molar refractivity (Wildman–Crippen MR) is 82.5 cm³/mol. The average Bonchev–Trinajstić information content (AvgIpc) is 3.20. The molecule has 106 valence electrons. The molecule has 0 bridgehead atoms. The van der Waals surface area contributed by atoms with Gasteiger partial charge in [0, 0.05) is 23.1 Å². The zero-order valence-corrected chi connectivity index (χ0v) is 12.7. The molecule has 2 N–H and O–H groups in total. The van der Waals surface area contributed by atoms with Gasteiger partial charge < -0.3 is 5.73 Å². The summed E-state index contributed by atoms with van der Waals surface area (Å²) < 4.78 is 0. The van der Waals surface area contributed by atoms with E-state index in [0.29, 0.717) is 6.04 Å². The third kappa shape index (κ3) is 3.95. The molecule has 2 nitrogen and oxygen atoms in total. The highest BCUT2D eigenvalue weighted by Crippen LogP contribution is 2.36. The van der Waals surface area contributed by atoms with Crippen molar-refractivity contribution in [3.8, 4) is 0 Å². The molecule has 19 heavy (non-hydrogen) atoms. The lowest BCUT2D eigenvalue weighted by Gasteiger charge is -2.35. The van der Waals surface area contributed by atoms with Crippen LogP contribution in [0.15, 0.2) is 24.3 Å². The zero-order chi connectivity index (χ0) is 13.8. The van der Waals surface area contributed by atoms with Crippen LogP contribution in [0.3, 0.4) is 0 Å². The summed E-state index contributed by atoms with van der Waals surface area (Å²) in [7, 11) is 0. The minimum Gasteiger partial charge on any atom is -0.326 e. The molecule has 2 atom stereocenters. The van der Waals surface area contributed by atoms with E-state index in [1.54, 1.807) is 0 Å². The van der Waals surface area contributed by atoms with Crippen LogP contribution < -0.4 is 5.73 Å². The molecule has 2 rings (SSSR count). The average molecular weight is 281 g/mol. The molecule has 0 aliphatic heterocycles. The minimum atomic E-state index is 0.138. The predicted octanol–water partition coefficient (Wildman–Crippen LogP) is 3.99. The number of nitrogens with zero attached hydrogens (tertiary/aromatic N) is 1. The van der Waals surface area contributed by atoms with Crippen molar-refractivity contribution in [2.75, 3.05) is 6.54 Å². The van der Waals surface area contributed by atoms with Gasteiger partial charge in [0.1, 0.15) is 0 Å². The van der Waals surface area contributed by atoms with Crippen LogP contribution in [0.5, 0.6) is 0 Å². The molecular formula is C16H25ClN2. The Morgan fingerprint density at radius 1 is 1.32 bits per heavy atom. The molecule has 0 spiro atoms. The first-order chi connectivity index (χ1) is 9.13. The van der Waals surface area contributed by atoms with Crippen molar-refractivity contribution in [2.45, 2.75) is 57.7 Å². The molecule has 1 aromatic rings. The summed E-state index contributed by atoms with van der Waals surface area (Å²) in [6.07, 6.45) is 5.11. The van der Waals surface area contributed by atoms with Crippen molar-refractivity contribution in [1.82, 2.24) is 4.90 Å². The lowest BCUT2D eigenvalue weighted by molar-refractivity contribution is 0.164. The van der Waals surface area contributed by atoms with Crippen LogP contribution in [0.4, 0.5) is 0 Å². The molecule has 0 radical (unpaired) electrons. The Bertz CT molecular complexity index is 384. The smallest absolute Gasteiger partial charge is 0.0499 e. The van der Waals surface area contributed by atoms with Gasteiger partial charge in [0.05, 0.1) is 0 Å². The maximum atomic E-state index is 6.27. The molecule has 1 aliphatic rings. The van der Waals surface area contributed by atoms with Crippen LogP contribution >= 0.6 is 11.6 Å². The summed E-state index contributed by atoms with van der Waals surface area (Å²) in [6, 6.07) is 9.37. The largest absolute Gasteiger partial charge is 0.326 e. The Morgan fingerprint density at radius 3 is 2.42 bits per heavy atom. The highest BCUT2D eigenvalue weighted by Gasteiger charge is 2.35. The Balaban J connectivity index is 2.19. The second-order valence-corrected chi connectivity index (χ2v) is 6.11. The number of hydrogen-bond acceptors (Lipinski definition) is 2. The third-order valence-electron chi connectivity index (χ3n) is 3.85. The summed E-state index contributed by atoms with van der Waals surface area (Å²) in [5.41, 5.74) is 7.56. The Morgan fingerprint density at radius 2 is 1.95 bits per heavy atom. The Kier molecular flexibility index (Phi) is 5.26. The Labute approximate surface area is 121 Å². The summed E-state index contributed by atoms with van der Waals surface area (Å²) in [6.45, 7) is 5.50. The highest BCUT2D eigenvalue weighted by molar-refractivity contribution is 6.30. The quantitative estimate of drug-likeness (QED) is 0.818. The molecule has 1 aromatic carbocycles. The van der Waals surface area contributed by atoms with Crippen LogP contribution in [0.25, 0.3) is 0 Å². The van der Waals surface area contributed by atoms with Crippen LogP contribution in [-0.4, -0.2) is 23.5 Å². The van der Waals surface area contributed by atoms with Gasteiger partial charge in [-0.1, -0.05) is 37.1 Å². The van der Waals surface area contributed by atoms with Gasteiger partial charge in [0.2, 0.25) is 0 Å². The van der Waals surface area contributed by atoms with Crippen molar-refractivity contribution in [3.05, 3.63) is 34.9 Å². The SMILES string of the molecule is CCCCN(C1CC1)C(c1ccc(Cl)cc1)C(C)N. The van der Waals surface area contributed by atoms with Crippen molar-refractivity contribution >= 4 is 11.6 Å². The number of nitrogens with two attached hydrogens (primary N) is 1. The van der Waals surface area contributed by atoms with Gasteiger partial charge in [-0.25, -0.2) is 0 Å². The highest BCUT2D eigenvalue weighted by atomic mass is 35.5. The first-order valence-electron chi connectivity index (χ1n) is 7.40. The molecule has 0 amide bonds. The van der Waals surface area contributed by atoms with E-state index in [9.17, 15) is 0 Å². The second kappa shape index (κ2) is 6.74. The van der Waals surface area contributed by atoms with Crippen molar-refractivity contribution in [3.63, 3.8) is 0 Å². The molecule has 1 fully saturated rings. The van der Waals surface area contributed by atoms with E-state index in [2.05, 4.69) is 30.9 Å². The fourth-order valence-electron chi connectivity index (χ4n) is 2.75. The second-order valence-electron chi connectivity index (χ2n) is 5.68. The standard InChI is InChI=1S/C16H25ClN2/c1-3-4-11-19(15-9-10-15)16(12(2)18)13-5-7-14(17)8-6-13/h5-8,12,15-16H,3-4,9-11,18H2,1-2H3. The molecule has 1 saturated carbocycles. The van der Waals surface area contributed by atoms with E-state index in [1.165, 1.54) is 31.2 Å². The molecule has 0 aromatic heterocycles. The number of hydrogen-bond donors (Lipinski definition) is 1. The Hall–Kier alpha value is -0.570. The maximum Gasteiger partial charge on any atom is 0.0499 e. The van der Waals surface area contributed by atoms with E-state index < -0.39 is 0 Å². The molecular weight excluding hydrogens is 256 g/mol. The topological polar surface area (TPSA) is 29.3 Å². The van der Waals surface area contributed by atoms with Gasteiger partial charge in [-0.15, -0.1) is 0 Å². The van der Waals surface area contributed by atoms with E-state index in [-0.39, 0.29) is 6.04 Å². The minimum absolute atomic E-state index is 0.138. The summed E-state index contributed by atoms with van der Waals surface area (Å²) >= 11 is 5.99. The van der Waals surface area contributed by atoms with E-state index in [4.69, 9.17) is 17.3 Å². The number of unbranched alkanes of at least 4 members (excludes halogenated alkanes) is 1. The fourth-order valence-corrected chi connectivity index (χ4v) is 2.88. The summed E-state index contributed by atoms with van der Waals surface area (Å²) in [5, 5.41) is 0.790. The van der Waals surface area contributed by atoms with Crippen molar-refractivity contribution in [2.24, 2.45) is 5.73 Å². The fraction of sp³-hybridized carbons (Fsp3) is 0.625. The normalized spacial score (nSPS) is 18.6. The van der Waals surface area contributed by atoms with Gasteiger partial charge in [0.25, 0.3) is 0 Å². The van der Waals surface area contributed by atoms with Gasteiger partial charge in [-0.2, -0.15) is 0 Å². The van der Waals surface area contributed by atoms with Crippen LogP contribution in [0, 0.1) is 0 Å². The van der Waals surface area contributed by atoms with Crippen LogP contribution in [0.2, 0.25) is 5.02 Å². The van der Waals surface area contributed by atoms with Gasteiger partial charge >= 0.3 is 0 Å². The molecule has 2 unspecified atom stereocenters. The summed E-state index contributed by atoms with van der Waals surface area (Å²) in [4.78, 5) is 2.61. The number of rotatable bonds is 7. The third-order valence-corrected chi connectivity index (χ3v) is 4.10. The number of halogens is 1. The zero-order valence-electron chi connectivity index (χ0n) is 12.0. The van der Waals surface area contributed by atoms with Crippen molar-refractivity contribution in [1.29, 1.82) is 0 Å². The monoisotopic (exact) mass is 280 g/mol. The summed E-state index contributed by atoms with van der Waals surface area (Å²) in [5.74, 6) is 0. The van der Waals surface area contributed by atoms with Gasteiger partial charge in [-0.3, -0.25) is 4.90 Å². The lowest BCUT2D eigenvalue weighted by atomic mass is 9.98. The first-order valence-corrected chi connectivity index (χ1v) is 7.78. The van der Waals surface area contributed by atoms with Gasteiger partial charge in [-0.05, 0) is 50.4 Å². The molecule has 0 saturated heterocycles. The number of benzene rings is 1. The van der Waals surface area contributed by atoms with E-state index in [1.807, 2.05) is 12.1 Å². The molecule has 0 heterocycles. The van der Waals surface area contributed by atoms with Crippen LogP contribution in [0.1, 0.15) is 51.1 Å². The van der Waals surface area contributed by atoms with Crippen molar-refractivity contribution < 1.29 is 0 Å². The molecule has 3 heteroatoms. The van der Waals surface area contributed by atoms with Gasteiger partial charge in [0.15, 0.2) is 0 Å². The maximum absolute atomic E-state index is 6.27. The molecule has 1 aliphatic carbocycles.